The van der Waals surface area contributed by atoms with E-state index in [2.05, 4.69) is 229 Å². The van der Waals surface area contributed by atoms with Gasteiger partial charge in [-0.2, -0.15) is 0 Å². The lowest BCUT2D eigenvalue weighted by Crippen LogP contribution is -2.11. The number of hydrogen-bond donors (Lipinski definition) is 0. The second-order valence-corrected chi connectivity index (χ2v) is 13.3. The van der Waals surface area contributed by atoms with Crippen molar-refractivity contribution in [3.05, 3.63) is 224 Å². The Bertz CT molecular complexity index is 2660. The highest BCUT2D eigenvalue weighted by Gasteiger charge is 2.20. The van der Waals surface area contributed by atoms with Crippen LogP contribution in [0.5, 0.6) is 0 Å². The van der Waals surface area contributed by atoms with E-state index in [0.29, 0.717) is 0 Å². The van der Waals surface area contributed by atoms with Crippen LogP contribution in [0.3, 0.4) is 0 Å². The summed E-state index contributed by atoms with van der Waals surface area (Å²) in [5.74, 6) is 0. The predicted octanol–water partition coefficient (Wildman–Crippen LogP) is 14.6. The van der Waals surface area contributed by atoms with Crippen molar-refractivity contribution in [2.75, 3.05) is 4.90 Å². The fourth-order valence-corrected chi connectivity index (χ4v) is 7.49. The van der Waals surface area contributed by atoms with E-state index in [9.17, 15) is 0 Å². The minimum atomic E-state index is 1.10. The van der Waals surface area contributed by atoms with Gasteiger partial charge < -0.3 is 4.90 Å². The van der Waals surface area contributed by atoms with Gasteiger partial charge in [-0.15, -0.1) is 0 Å². The molecule has 0 saturated heterocycles. The zero-order chi connectivity index (χ0) is 35.4. The maximum Gasteiger partial charge on any atom is 0.0540 e. The Labute approximate surface area is 311 Å². The van der Waals surface area contributed by atoms with E-state index < -0.39 is 0 Å². The van der Waals surface area contributed by atoms with Gasteiger partial charge in [0.05, 0.1) is 5.69 Å². The first kappa shape index (κ1) is 32.0. The van der Waals surface area contributed by atoms with Gasteiger partial charge in [-0.3, -0.25) is 0 Å². The zero-order valence-corrected chi connectivity index (χ0v) is 29.3. The molecule has 0 heterocycles. The largest absolute Gasteiger partial charge is 0.310 e. The molecule has 0 amide bonds. The highest BCUT2D eigenvalue weighted by molar-refractivity contribution is 5.98. The highest BCUT2D eigenvalue weighted by atomic mass is 15.1. The third-order valence-corrected chi connectivity index (χ3v) is 10.1. The molecule has 9 rings (SSSR count). The molecular formula is C52H37N. The maximum absolute atomic E-state index is 2.41. The van der Waals surface area contributed by atoms with Crippen molar-refractivity contribution in [1.29, 1.82) is 0 Å². The number of hydrogen-bond acceptors (Lipinski definition) is 1. The third kappa shape index (κ3) is 6.42. The fraction of sp³-hybridized carbons (Fsp3) is 0. The van der Waals surface area contributed by atoms with Crippen LogP contribution in [-0.4, -0.2) is 0 Å². The minimum Gasteiger partial charge on any atom is -0.310 e. The normalized spacial score (nSPS) is 11.0. The van der Waals surface area contributed by atoms with Gasteiger partial charge in [-0.05, 0) is 97.2 Å². The summed E-state index contributed by atoms with van der Waals surface area (Å²) in [6.07, 6.45) is 0. The maximum atomic E-state index is 2.41. The van der Waals surface area contributed by atoms with Crippen LogP contribution in [0.25, 0.3) is 66.4 Å². The number of fused-ring (bicyclic) bond motifs is 1. The molecule has 0 atom stereocenters. The van der Waals surface area contributed by atoms with E-state index in [1.54, 1.807) is 0 Å². The Morgan fingerprint density at radius 2 is 0.679 bits per heavy atom. The third-order valence-electron chi connectivity index (χ3n) is 10.1. The lowest BCUT2D eigenvalue weighted by molar-refractivity contribution is 1.29. The van der Waals surface area contributed by atoms with Gasteiger partial charge in [0, 0.05) is 16.9 Å². The van der Waals surface area contributed by atoms with Crippen molar-refractivity contribution in [2.24, 2.45) is 0 Å². The average molecular weight is 676 g/mol. The first-order valence-electron chi connectivity index (χ1n) is 18.2. The first-order chi connectivity index (χ1) is 26.3. The minimum absolute atomic E-state index is 1.10. The Hall–Kier alpha value is -6.96. The second-order valence-electron chi connectivity index (χ2n) is 13.3. The number of nitrogens with zero attached hydrogens (tertiary/aromatic N) is 1. The quantitative estimate of drug-likeness (QED) is 0.155. The lowest BCUT2D eigenvalue weighted by atomic mass is 9.88. The molecule has 0 radical (unpaired) electrons. The monoisotopic (exact) mass is 675 g/mol. The van der Waals surface area contributed by atoms with Gasteiger partial charge in [0.1, 0.15) is 0 Å². The van der Waals surface area contributed by atoms with Crippen LogP contribution in [0.1, 0.15) is 0 Å². The molecular weight excluding hydrogens is 639 g/mol. The molecule has 0 fully saturated rings. The Kier molecular flexibility index (Phi) is 8.66. The van der Waals surface area contributed by atoms with Gasteiger partial charge in [0.2, 0.25) is 0 Å². The topological polar surface area (TPSA) is 3.24 Å². The van der Waals surface area contributed by atoms with E-state index in [4.69, 9.17) is 0 Å². The van der Waals surface area contributed by atoms with E-state index in [1.807, 2.05) is 0 Å². The van der Waals surface area contributed by atoms with E-state index in [-0.39, 0.29) is 0 Å². The molecule has 1 nitrogen and oxygen atoms in total. The molecule has 0 bridgehead atoms. The fourth-order valence-electron chi connectivity index (χ4n) is 7.49. The van der Waals surface area contributed by atoms with Crippen LogP contribution >= 0.6 is 0 Å². The standard InChI is InChI=1S/C52H37N/c1-3-16-38(17-4-1)42-22-15-23-43(36-42)40-30-33-45(34-31-40)53(46-35-32-39-18-7-8-21-44(39)37-46)52-29-14-13-28-51(52)50-27-12-11-26-49(50)48-25-10-9-24-47(48)41-19-5-2-6-20-41/h1-37H. The Morgan fingerprint density at radius 1 is 0.226 bits per heavy atom. The van der Waals surface area contributed by atoms with Crippen molar-refractivity contribution < 1.29 is 0 Å². The van der Waals surface area contributed by atoms with Crippen molar-refractivity contribution >= 4 is 27.8 Å². The van der Waals surface area contributed by atoms with Crippen LogP contribution in [0.4, 0.5) is 17.1 Å². The predicted molar refractivity (Wildman–Crippen MR) is 226 cm³/mol. The summed E-state index contributed by atoms with van der Waals surface area (Å²) in [6.45, 7) is 0. The van der Waals surface area contributed by atoms with Gasteiger partial charge in [-0.25, -0.2) is 0 Å². The average Bonchev–Trinajstić information content (AvgIpc) is 3.25. The highest BCUT2D eigenvalue weighted by Crippen LogP contribution is 2.45. The van der Waals surface area contributed by atoms with Gasteiger partial charge in [-0.1, -0.05) is 188 Å². The molecule has 1 heteroatoms. The molecule has 0 unspecified atom stereocenters. The van der Waals surface area contributed by atoms with Crippen LogP contribution in [0, 0.1) is 0 Å². The molecule has 9 aromatic rings. The van der Waals surface area contributed by atoms with Crippen LogP contribution in [0.2, 0.25) is 0 Å². The van der Waals surface area contributed by atoms with Crippen molar-refractivity contribution in [2.45, 2.75) is 0 Å². The summed E-state index contributed by atoms with van der Waals surface area (Å²) >= 11 is 0. The van der Waals surface area contributed by atoms with Crippen LogP contribution < -0.4 is 4.90 Å². The molecule has 0 spiro atoms. The van der Waals surface area contributed by atoms with E-state index in [1.165, 1.54) is 66.4 Å². The lowest BCUT2D eigenvalue weighted by Gasteiger charge is -2.29. The molecule has 0 saturated carbocycles. The zero-order valence-electron chi connectivity index (χ0n) is 29.3. The number of rotatable bonds is 8. The van der Waals surface area contributed by atoms with Crippen molar-refractivity contribution in [3.63, 3.8) is 0 Å². The number of para-hydroxylation sites is 1. The summed E-state index contributed by atoms with van der Waals surface area (Å²) in [7, 11) is 0. The SMILES string of the molecule is c1ccc(-c2cccc(-c3ccc(N(c4ccc5ccccc5c4)c4ccccc4-c4ccccc4-c4ccccc4-c4ccccc4)cc3)c2)cc1. The molecule has 250 valence electrons. The molecule has 0 aliphatic carbocycles. The van der Waals surface area contributed by atoms with Gasteiger partial charge >= 0.3 is 0 Å². The summed E-state index contributed by atoms with van der Waals surface area (Å²) in [4.78, 5) is 2.41. The Morgan fingerprint density at radius 3 is 1.36 bits per heavy atom. The summed E-state index contributed by atoms with van der Waals surface area (Å²) in [5.41, 5.74) is 15.3. The molecule has 0 aliphatic heterocycles. The molecule has 0 N–H and O–H groups in total. The molecule has 9 aromatic carbocycles. The summed E-state index contributed by atoms with van der Waals surface area (Å²) in [5, 5.41) is 2.43. The van der Waals surface area contributed by atoms with Crippen LogP contribution in [-0.2, 0) is 0 Å². The number of anilines is 3. The molecule has 53 heavy (non-hydrogen) atoms. The van der Waals surface area contributed by atoms with Crippen LogP contribution in [0.15, 0.2) is 224 Å². The first-order valence-corrected chi connectivity index (χ1v) is 18.2. The molecule has 0 aromatic heterocycles. The summed E-state index contributed by atoms with van der Waals surface area (Å²) in [6, 6.07) is 80.8. The summed E-state index contributed by atoms with van der Waals surface area (Å²) < 4.78 is 0. The smallest absolute Gasteiger partial charge is 0.0540 e. The van der Waals surface area contributed by atoms with E-state index >= 15 is 0 Å². The number of benzene rings is 9. The Balaban J connectivity index is 1.19. The van der Waals surface area contributed by atoms with Crippen molar-refractivity contribution in [1.82, 2.24) is 0 Å². The van der Waals surface area contributed by atoms with Crippen molar-refractivity contribution in [3.8, 4) is 55.6 Å². The second kappa shape index (κ2) is 14.3. The van der Waals surface area contributed by atoms with Gasteiger partial charge in [0.25, 0.3) is 0 Å². The van der Waals surface area contributed by atoms with Gasteiger partial charge in [0.15, 0.2) is 0 Å². The van der Waals surface area contributed by atoms with E-state index in [0.717, 1.165) is 17.1 Å². The molecule has 0 aliphatic rings.